The van der Waals surface area contributed by atoms with Crippen molar-refractivity contribution in [2.45, 2.75) is 13.8 Å². The van der Waals surface area contributed by atoms with Crippen molar-refractivity contribution < 1.29 is 19.2 Å². The van der Waals surface area contributed by atoms with Gasteiger partial charge in [0.2, 0.25) is 23.6 Å². The van der Waals surface area contributed by atoms with Gasteiger partial charge in [-0.25, -0.2) is 9.80 Å². The summed E-state index contributed by atoms with van der Waals surface area (Å²) in [6.45, 7) is 3.80. The summed E-state index contributed by atoms with van der Waals surface area (Å²) in [5.74, 6) is -2.92. The Hall–Kier alpha value is -3.54. The zero-order valence-corrected chi connectivity index (χ0v) is 18.9. The lowest BCUT2D eigenvalue weighted by atomic mass is 9.40. The van der Waals surface area contributed by atoms with Gasteiger partial charge in [-0.15, -0.1) is 0 Å². The molecule has 0 N–H and O–H groups in total. The summed E-state index contributed by atoms with van der Waals surface area (Å²) in [6, 6.07) is 14.9. The van der Waals surface area contributed by atoms with Gasteiger partial charge in [0.15, 0.2) is 0 Å². The van der Waals surface area contributed by atoms with Crippen molar-refractivity contribution in [1.29, 1.82) is 0 Å². The van der Waals surface area contributed by atoms with Crippen molar-refractivity contribution >= 4 is 35.0 Å². The van der Waals surface area contributed by atoms with Crippen LogP contribution < -0.4 is 9.80 Å². The third-order valence-electron chi connectivity index (χ3n) is 9.06. The monoisotopic (exact) mass is 452 g/mol. The van der Waals surface area contributed by atoms with Crippen LogP contribution in [0.3, 0.4) is 0 Å². The molecule has 2 aromatic rings. The van der Waals surface area contributed by atoms with Crippen molar-refractivity contribution in [1.82, 2.24) is 0 Å². The van der Waals surface area contributed by atoms with Gasteiger partial charge >= 0.3 is 0 Å². The van der Waals surface area contributed by atoms with Gasteiger partial charge in [-0.3, -0.25) is 19.2 Å². The number of fused-ring (bicyclic) bond motifs is 1. The Balaban J connectivity index is 1.27. The Morgan fingerprint density at radius 1 is 0.529 bits per heavy atom. The number of nitrogens with zero attached hydrogens (tertiary/aromatic N) is 2. The molecule has 0 aromatic heterocycles. The number of hydrogen-bond acceptors (Lipinski definition) is 4. The standard InChI is InChI=1S/C28H24N2O4/c1-13-7-3-5-9-17(13)29-25(31)21-15-11-12-16(22(21)26(29)32)20-19(15)23-24(20)28(34)30(27(23)33)18-10-6-4-8-14(18)2/h3-12,15-16,19-24H,1-2H3/t15-,16+,19-,20-,21+,22-,23+,24-/m0/s1. The number of carbonyl (C=O) groups is 4. The molecule has 6 nitrogen and oxygen atoms in total. The number of imide groups is 2. The third kappa shape index (κ3) is 2.17. The molecule has 2 aliphatic heterocycles. The SMILES string of the molecule is Cc1ccccc1N1C(=O)[C@@H]2[C@H]3C=C[C@@H]([C@@H]2C1=O)[C@@H]1[C@@H]2C(=O)N(c4ccccc4C)C(=O)[C@@H]2[C@@H]31. The van der Waals surface area contributed by atoms with Crippen molar-refractivity contribution in [3.63, 3.8) is 0 Å². The molecule has 34 heavy (non-hydrogen) atoms. The summed E-state index contributed by atoms with van der Waals surface area (Å²) in [5, 5.41) is 0. The average Bonchev–Trinajstić information content (AvgIpc) is 3.19. The molecule has 2 saturated heterocycles. The van der Waals surface area contributed by atoms with Gasteiger partial charge in [0.1, 0.15) is 0 Å². The van der Waals surface area contributed by atoms with Gasteiger partial charge in [0.25, 0.3) is 0 Å². The maximum atomic E-state index is 13.6. The molecule has 0 spiro atoms. The van der Waals surface area contributed by atoms with Crippen LogP contribution in [0, 0.1) is 61.2 Å². The molecular weight excluding hydrogens is 428 g/mol. The number of anilines is 2. The molecule has 2 aromatic carbocycles. The number of hydrogen-bond donors (Lipinski definition) is 0. The molecule has 2 saturated carbocycles. The van der Waals surface area contributed by atoms with E-state index in [9.17, 15) is 19.2 Å². The molecule has 8 atom stereocenters. The molecule has 0 unspecified atom stereocenters. The van der Waals surface area contributed by atoms with Crippen LogP contribution in [0.25, 0.3) is 0 Å². The highest BCUT2D eigenvalue weighted by atomic mass is 16.2. The van der Waals surface area contributed by atoms with Crippen molar-refractivity contribution in [2.24, 2.45) is 47.3 Å². The van der Waals surface area contributed by atoms with E-state index in [4.69, 9.17) is 0 Å². The van der Waals surface area contributed by atoms with Crippen LogP contribution in [0.15, 0.2) is 60.7 Å². The van der Waals surface area contributed by atoms with Crippen molar-refractivity contribution in [3.8, 4) is 0 Å². The summed E-state index contributed by atoms with van der Waals surface area (Å²) in [6.07, 6.45) is 4.09. The number of allylic oxidation sites excluding steroid dienone is 2. The summed E-state index contributed by atoms with van der Waals surface area (Å²) < 4.78 is 0. The predicted octanol–water partition coefficient (Wildman–Crippen LogP) is 3.28. The fraction of sp³-hybridized carbons (Fsp3) is 0.357. The number of benzene rings is 2. The second-order valence-corrected chi connectivity index (χ2v) is 10.4. The Bertz CT molecular complexity index is 1290. The number of carbonyl (C=O) groups excluding carboxylic acids is 4. The van der Waals surface area contributed by atoms with Gasteiger partial charge in [-0.1, -0.05) is 48.6 Å². The number of amides is 4. The van der Waals surface area contributed by atoms with Crippen LogP contribution in [-0.2, 0) is 19.2 Å². The Labute approximate surface area is 197 Å². The molecule has 4 aliphatic carbocycles. The topological polar surface area (TPSA) is 74.8 Å². The summed E-state index contributed by atoms with van der Waals surface area (Å²) in [4.78, 5) is 57.1. The van der Waals surface area contributed by atoms with Crippen LogP contribution in [-0.4, -0.2) is 23.6 Å². The van der Waals surface area contributed by atoms with Crippen molar-refractivity contribution in [3.05, 3.63) is 71.8 Å². The highest BCUT2D eigenvalue weighted by Crippen LogP contribution is 2.68. The van der Waals surface area contributed by atoms with Crippen LogP contribution >= 0.6 is 0 Å². The highest BCUT2D eigenvalue weighted by molar-refractivity contribution is 6.25. The maximum Gasteiger partial charge on any atom is 0.238 e. The Morgan fingerprint density at radius 3 is 1.26 bits per heavy atom. The molecule has 170 valence electrons. The van der Waals surface area contributed by atoms with E-state index >= 15 is 0 Å². The van der Waals surface area contributed by atoms with Crippen LogP contribution in [0.1, 0.15) is 11.1 Å². The van der Waals surface area contributed by atoms with E-state index < -0.39 is 23.7 Å². The quantitative estimate of drug-likeness (QED) is 0.518. The third-order valence-corrected chi connectivity index (χ3v) is 9.06. The first-order valence-electron chi connectivity index (χ1n) is 12.0. The molecule has 4 amide bonds. The van der Waals surface area contributed by atoms with E-state index in [1.54, 1.807) is 0 Å². The van der Waals surface area contributed by atoms with Gasteiger partial charge in [0.05, 0.1) is 35.0 Å². The number of rotatable bonds is 2. The molecule has 4 fully saturated rings. The van der Waals surface area contributed by atoms with E-state index in [1.165, 1.54) is 9.80 Å². The Kier molecular flexibility index (Phi) is 3.82. The van der Waals surface area contributed by atoms with Gasteiger partial charge in [-0.05, 0) is 60.8 Å². The zero-order valence-electron chi connectivity index (χ0n) is 18.9. The second kappa shape index (κ2) is 6.53. The van der Waals surface area contributed by atoms with Gasteiger partial charge < -0.3 is 0 Å². The van der Waals surface area contributed by atoms with Crippen LogP contribution in [0.5, 0.6) is 0 Å². The highest BCUT2D eigenvalue weighted by Gasteiger charge is 2.75. The van der Waals surface area contributed by atoms with E-state index in [2.05, 4.69) is 0 Å². The number of para-hydroxylation sites is 2. The smallest absolute Gasteiger partial charge is 0.238 e. The fourth-order valence-corrected chi connectivity index (χ4v) is 7.70. The normalized spacial score (nSPS) is 37.1. The molecule has 6 heteroatoms. The minimum absolute atomic E-state index is 0.0692. The lowest BCUT2D eigenvalue weighted by molar-refractivity contribution is -0.166. The lowest BCUT2D eigenvalue weighted by Crippen LogP contribution is -2.63. The first kappa shape index (κ1) is 19.9. The van der Waals surface area contributed by atoms with E-state index in [-0.39, 0.29) is 47.3 Å². The van der Waals surface area contributed by atoms with Crippen LogP contribution in [0.2, 0.25) is 0 Å². The minimum Gasteiger partial charge on any atom is -0.274 e. The Morgan fingerprint density at radius 2 is 0.882 bits per heavy atom. The predicted molar refractivity (Wildman–Crippen MR) is 124 cm³/mol. The first-order valence-corrected chi connectivity index (χ1v) is 12.0. The lowest BCUT2D eigenvalue weighted by Gasteiger charge is -2.60. The summed E-state index contributed by atoms with van der Waals surface area (Å²) in [7, 11) is 0. The molecule has 2 bridgehead atoms. The fourth-order valence-electron chi connectivity index (χ4n) is 7.70. The largest absolute Gasteiger partial charge is 0.274 e. The minimum atomic E-state index is -0.459. The summed E-state index contributed by atoms with van der Waals surface area (Å²) >= 11 is 0. The molecule has 8 rings (SSSR count). The van der Waals surface area contributed by atoms with Crippen LogP contribution in [0.4, 0.5) is 11.4 Å². The maximum absolute atomic E-state index is 13.6. The van der Waals surface area contributed by atoms with E-state index in [1.807, 2.05) is 74.5 Å². The number of aryl methyl sites for hydroxylation is 2. The van der Waals surface area contributed by atoms with Crippen molar-refractivity contribution in [2.75, 3.05) is 9.80 Å². The average molecular weight is 453 g/mol. The van der Waals surface area contributed by atoms with E-state index in [0.717, 1.165) is 11.1 Å². The molecule has 0 radical (unpaired) electrons. The zero-order chi connectivity index (χ0) is 23.5. The first-order chi connectivity index (χ1) is 16.4. The van der Waals surface area contributed by atoms with Gasteiger partial charge in [-0.2, -0.15) is 0 Å². The van der Waals surface area contributed by atoms with E-state index in [0.29, 0.717) is 11.4 Å². The molecule has 6 aliphatic rings. The summed E-state index contributed by atoms with van der Waals surface area (Å²) in [5.41, 5.74) is 3.03. The second-order valence-electron chi connectivity index (χ2n) is 10.4. The molecular formula is C28H24N2O4. The van der Waals surface area contributed by atoms with Gasteiger partial charge in [0, 0.05) is 0 Å². The molecule has 2 heterocycles.